The third-order valence-corrected chi connectivity index (χ3v) is 2.06. The minimum atomic E-state index is 0.519. The minimum Gasteiger partial charge on any atom is -0.0817 e. The van der Waals surface area contributed by atoms with Crippen LogP contribution in [0.5, 0.6) is 0 Å². The number of hydrogen-bond donors (Lipinski definition) is 0. The van der Waals surface area contributed by atoms with Crippen LogP contribution in [0.4, 0.5) is 0 Å². The molecule has 12 heavy (non-hydrogen) atoms. The molecule has 0 heteroatoms. The van der Waals surface area contributed by atoms with E-state index in [9.17, 15) is 0 Å². The van der Waals surface area contributed by atoms with Crippen LogP contribution in [0, 0.1) is 12.5 Å². The van der Waals surface area contributed by atoms with Crippen LogP contribution in [0.2, 0.25) is 0 Å². The highest BCUT2D eigenvalue weighted by atomic mass is 14.0. The molecule has 1 atom stereocenters. The zero-order valence-electron chi connectivity index (χ0n) is 7.53. The summed E-state index contributed by atoms with van der Waals surface area (Å²) in [7, 11) is 0. The monoisotopic (exact) mass is 159 g/mol. The molecule has 0 aliphatic rings. The molecule has 0 amide bonds. The Labute approximate surface area is 74.9 Å². The van der Waals surface area contributed by atoms with Crippen molar-refractivity contribution in [3.05, 3.63) is 48.6 Å². The van der Waals surface area contributed by atoms with Gasteiger partial charge in [0.15, 0.2) is 0 Å². The van der Waals surface area contributed by atoms with E-state index in [2.05, 4.69) is 31.2 Å². The first-order chi connectivity index (χ1) is 5.83. The molecule has 0 aromatic heterocycles. The van der Waals surface area contributed by atoms with Crippen LogP contribution in [0.15, 0.2) is 36.4 Å². The fraction of sp³-hybridized carbons (Fsp3) is 0.333. The Hall–Kier alpha value is -1.04. The van der Waals surface area contributed by atoms with Crippen molar-refractivity contribution in [3.63, 3.8) is 0 Å². The fourth-order valence-electron chi connectivity index (χ4n) is 1.14. The van der Waals surface area contributed by atoms with Crippen molar-refractivity contribution in [2.24, 2.45) is 5.92 Å². The maximum Gasteiger partial charge on any atom is -0.0256 e. The Kier molecular flexibility index (Phi) is 3.59. The summed E-state index contributed by atoms with van der Waals surface area (Å²) in [6.45, 7) is 7.55. The van der Waals surface area contributed by atoms with Crippen molar-refractivity contribution < 1.29 is 0 Å². The molecule has 0 saturated heterocycles. The summed E-state index contributed by atoms with van der Waals surface area (Å²) in [4.78, 5) is 0. The average Bonchev–Trinajstić information content (AvgIpc) is 2.16. The van der Waals surface area contributed by atoms with Crippen molar-refractivity contribution in [2.75, 3.05) is 0 Å². The van der Waals surface area contributed by atoms with Crippen LogP contribution >= 0.6 is 0 Å². The van der Waals surface area contributed by atoms with E-state index in [-0.39, 0.29) is 0 Å². The van der Waals surface area contributed by atoms with E-state index in [0.29, 0.717) is 5.92 Å². The first kappa shape index (κ1) is 9.05. The summed E-state index contributed by atoms with van der Waals surface area (Å²) in [5.74, 6) is 0.519. The quantitative estimate of drug-likeness (QED) is 0.632. The molecule has 0 fully saturated rings. The smallest absolute Gasteiger partial charge is 0.0256 e. The van der Waals surface area contributed by atoms with Crippen LogP contribution in [0.1, 0.15) is 18.9 Å². The predicted octanol–water partition coefficient (Wildman–Crippen LogP) is 3.24. The molecule has 0 nitrogen and oxygen atoms in total. The van der Waals surface area contributed by atoms with E-state index in [0.717, 1.165) is 12.8 Å². The van der Waals surface area contributed by atoms with Gasteiger partial charge in [-0.25, -0.2) is 0 Å². The van der Waals surface area contributed by atoms with Crippen LogP contribution in [0.3, 0.4) is 0 Å². The SMILES string of the molecule is [CH]=CC(C)CCc1ccccc1. The predicted molar refractivity (Wildman–Crippen MR) is 52.8 cm³/mol. The Morgan fingerprint density at radius 3 is 2.58 bits per heavy atom. The van der Waals surface area contributed by atoms with E-state index in [1.54, 1.807) is 6.08 Å². The van der Waals surface area contributed by atoms with E-state index < -0.39 is 0 Å². The van der Waals surface area contributed by atoms with E-state index >= 15 is 0 Å². The third-order valence-electron chi connectivity index (χ3n) is 2.06. The van der Waals surface area contributed by atoms with Crippen LogP contribution in [-0.2, 0) is 6.42 Å². The van der Waals surface area contributed by atoms with Gasteiger partial charge in [-0.15, -0.1) is 0 Å². The Morgan fingerprint density at radius 1 is 1.33 bits per heavy atom. The molecule has 0 N–H and O–H groups in total. The first-order valence-electron chi connectivity index (χ1n) is 4.42. The summed E-state index contributed by atoms with van der Waals surface area (Å²) < 4.78 is 0. The molecule has 1 unspecified atom stereocenters. The molecule has 0 spiro atoms. The normalized spacial score (nSPS) is 12.4. The van der Waals surface area contributed by atoms with Gasteiger partial charge in [-0.1, -0.05) is 49.9 Å². The Bertz CT molecular complexity index is 223. The Balaban J connectivity index is 2.38. The highest BCUT2D eigenvalue weighted by Gasteiger charge is 1.96. The maximum absolute atomic E-state index is 5.41. The van der Waals surface area contributed by atoms with Crippen LogP contribution in [0.25, 0.3) is 0 Å². The minimum absolute atomic E-state index is 0.519. The zero-order chi connectivity index (χ0) is 8.81. The lowest BCUT2D eigenvalue weighted by Crippen LogP contribution is -1.92. The molecular formula is C12H15. The second-order valence-electron chi connectivity index (χ2n) is 3.19. The van der Waals surface area contributed by atoms with Crippen molar-refractivity contribution in [2.45, 2.75) is 19.8 Å². The van der Waals surface area contributed by atoms with Gasteiger partial charge < -0.3 is 0 Å². The summed E-state index contributed by atoms with van der Waals surface area (Å²) >= 11 is 0. The van der Waals surface area contributed by atoms with E-state index in [4.69, 9.17) is 6.58 Å². The molecule has 1 rings (SSSR count). The van der Waals surface area contributed by atoms with Gasteiger partial charge in [-0.2, -0.15) is 0 Å². The lowest BCUT2D eigenvalue weighted by Gasteiger charge is -2.04. The van der Waals surface area contributed by atoms with Gasteiger partial charge in [0.2, 0.25) is 0 Å². The van der Waals surface area contributed by atoms with E-state index in [1.807, 2.05) is 6.07 Å². The molecule has 63 valence electrons. The number of benzene rings is 1. The number of allylic oxidation sites excluding steroid dienone is 1. The highest BCUT2D eigenvalue weighted by molar-refractivity contribution is 5.14. The molecule has 1 radical (unpaired) electrons. The molecule has 1 aromatic carbocycles. The first-order valence-corrected chi connectivity index (χ1v) is 4.42. The fourth-order valence-corrected chi connectivity index (χ4v) is 1.14. The second-order valence-corrected chi connectivity index (χ2v) is 3.19. The summed E-state index contributed by atoms with van der Waals surface area (Å²) in [6, 6.07) is 10.5. The van der Waals surface area contributed by atoms with Crippen LogP contribution < -0.4 is 0 Å². The third kappa shape index (κ3) is 2.91. The van der Waals surface area contributed by atoms with Gasteiger partial charge >= 0.3 is 0 Å². The summed E-state index contributed by atoms with van der Waals surface area (Å²) in [6.07, 6.45) is 4.03. The molecule has 0 bridgehead atoms. The van der Waals surface area contributed by atoms with Crippen LogP contribution in [-0.4, -0.2) is 0 Å². The van der Waals surface area contributed by atoms with Gasteiger partial charge in [0.25, 0.3) is 0 Å². The van der Waals surface area contributed by atoms with Gasteiger partial charge in [-0.05, 0) is 24.3 Å². The van der Waals surface area contributed by atoms with Crippen molar-refractivity contribution in [1.82, 2.24) is 0 Å². The summed E-state index contributed by atoms with van der Waals surface area (Å²) in [5, 5.41) is 0. The van der Waals surface area contributed by atoms with Crippen molar-refractivity contribution >= 4 is 0 Å². The molecule has 0 aliphatic carbocycles. The molecule has 0 heterocycles. The topological polar surface area (TPSA) is 0 Å². The number of hydrogen-bond acceptors (Lipinski definition) is 0. The molecule has 0 saturated carbocycles. The number of rotatable bonds is 4. The molecule has 0 aliphatic heterocycles. The lowest BCUT2D eigenvalue weighted by molar-refractivity contribution is 0.648. The number of aryl methyl sites for hydroxylation is 1. The second kappa shape index (κ2) is 4.76. The molecule has 1 aromatic rings. The maximum atomic E-state index is 5.41. The van der Waals surface area contributed by atoms with E-state index in [1.165, 1.54) is 5.56 Å². The standard InChI is InChI=1S/C12H15/c1-3-11(2)9-10-12-7-5-4-6-8-12/h1,3-8,11H,9-10H2,2H3. The zero-order valence-corrected chi connectivity index (χ0v) is 7.53. The van der Waals surface area contributed by atoms with Crippen molar-refractivity contribution in [1.29, 1.82) is 0 Å². The van der Waals surface area contributed by atoms with Gasteiger partial charge in [0.05, 0.1) is 0 Å². The molecular weight excluding hydrogens is 144 g/mol. The highest BCUT2D eigenvalue weighted by Crippen LogP contribution is 2.09. The lowest BCUT2D eigenvalue weighted by atomic mass is 10.0. The van der Waals surface area contributed by atoms with Crippen molar-refractivity contribution in [3.8, 4) is 0 Å². The van der Waals surface area contributed by atoms with Gasteiger partial charge in [0.1, 0.15) is 0 Å². The van der Waals surface area contributed by atoms with Gasteiger partial charge in [0, 0.05) is 0 Å². The van der Waals surface area contributed by atoms with Gasteiger partial charge in [-0.3, -0.25) is 0 Å². The average molecular weight is 159 g/mol. The largest absolute Gasteiger partial charge is 0.0817 e. The summed E-state index contributed by atoms with van der Waals surface area (Å²) in [5.41, 5.74) is 1.39. The Morgan fingerprint density at radius 2 is 2.00 bits per heavy atom.